The number of carbonyl (C=O) groups is 2. The first-order valence-corrected chi connectivity index (χ1v) is 10.8. The van der Waals surface area contributed by atoms with Crippen molar-refractivity contribution in [3.63, 3.8) is 0 Å². The molecule has 1 N–H and O–H groups in total. The van der Waals surface area contributed by atoms with E-state index >= 15 is 0 Å². The lowest BCUT2D eigenvalue weighted by Gasteiger charge is -2.31. The van der Waals surface area contributed by atoms with Crippen molar-refractivity contribution in [2.75, 3.05) is 13.7 Å². The SMILES string of the molecule is CCC(C(=O)NC(C)C)N(Cc1ccc(Cl)cc1Cl)C(=O)COc1ccc(OC)cc1. The Kier molecular flexibility index (Phi) is 9.46. The fourth-order valence-electron chi connectivity index (χ4n) is 3.03. The van der Waals surface area contributed by atoms with Crippen LogP contribution in [0.2, 0.25) is 10.0 Å². The molecule has 0 aliphatic rings. The maximum absolute atomic E-state index is 13.1. The zero-order valence-corrected chi connectivity index (χ0v) is 19.7. The van der Waals surface area contributed by atoms with E-state index in [9.17, 15) is 9.59 Å². The van der Waals surface area contributed by atoms with Gasteiger partial charge < -0.3 is 19.7 Å². The normalized spacial score (nSPS) is 11.7. The highest BCUT2D eigenvalue weighted by molar-refractivity contribution is 6.35. The van der Waals surface area contributed by atoms with E-state index in [2.05, 4.69) is 5.32 Å². The Morgan fingerprint density at radius 2 is 1.71 bits per heavy atom. The summed E-state index contributed by atoms with van der Waals surface area (Å²) < 4.78 is 10.8. The van der Waals surface area contributed by atoms with Gasteiger partial charge in [0.1, 0.15) is 17.5 Å². The highest BCUT2D eigenvalue weighted by atomic mass is 35.5. The van der Waals surface area contributed by atoms with Gasteiger partial charge in [-0.15, -0.1) is 0 Å². The number of rotatable bonds is 10. The van der Waals surface area contributed by atoms with Gasteiger partial charge in [-0.05, 0) is 62.2 Å². The van der Waals surface area contributed by atoms with Gasteiger partial charge in [0.15, 0.2) is 6.61 Å². The summed E-state index contributed by atoms with van der Waals surface area (Å²) in [6.07, 6.45) is 0.442. The molecule has 0 saturated heterocycles. The molecule has 6 nitrogen and oxygen atoms in total. The summed E-state index contributed by atoms with van der Waals surface area (Å²) in [4.78, 5) is 27.4. The molecule has 31 heavy (non-hydrogen) atoms. The molecule has 1 atom stereocenters. The summed E-state index contributed by atoms with van der Waals surface area (Å²) in [5.41, 5.74) is 0.694. The Balaban J connectivity index is 2.23. The molecule has 0 spiro atoms. The minimum Gasteiger partial charge on any atom is -0.497 e. The molecule has 2 aromatic carbocycles. The molecule has 0 aliphatic heterocycles. The van der Waals surface area contributed by atoms with Crippen LogP contribution in [0.1, 0.15) is 32.8 Å². The van der Waals surface area contributed by atoms with E-state index in [1.165, 1.54) is 4.90 Å². The molecular formula is C23H28Cl2N2O4. The third-order valence-electron chi connectivity index (χ3n) is 4.59. The summed E-state index contributed by atoms with van der Waals surface area (Å²) in [5, 5.41) is 3.81. The highest BCUT2D eigenvalue weighted by Gasteiger charge is 2.29. The first-order valence-electron chi connectivity index (χ1n) is 10.1. The second kappa shape index (κ2) is 11.8. The second-order valence-electron chi connectivity index (χ2n) is 7.31. The Morgan fingerprint density at radius 3 is 2.26 bits per heavy atom. The van der Waals surface area contributed by atoms with E-state index < -0.39 is 6.04 Å². The molecule has 0 saturated carbocycles. The monoisotopic (exact) mass is 466 g/mol. The van der Waals surface area contributed by atoms with E-state index in [1.807, 2.05) is 20.8 Å². The molecule has 0 fully saturated rings. The number of amides is 2. The van der Waals surface area contributed by atoms with Crippen molar-refractivity contribution in [3.05, 3.63) is 58.1 Å². The molecule has 0 aromatic heterocycles. The standard InChI is InChI=1S/C23H28Cl2N2O4/c1-5-21(23(29)26-15(2)3)27(13-16-6-7-17(24)12-20(16)25)22(28)14-31-19-10-8-18(30-4)9-11-19/h6-12,15,21H,5,13-14H2,1-4H3,(H,26,29). The molecular weight excluding hydrogens is 439 g/mol. The average Bonchev–Trinajstić information content (AvgIpc) is 2.73. The lowest BCUT2D eigenvalue weighted by molar-refractivity contribution is -0.143. The number of hydrogen-bond acceptors (Lipinski definition) is 4. The van der Waals surface area contributed by atoms with Crippen LogP contribution in [0.3, 0.4) is 0 Å². The van der Waals surface area contributed by atoms with Gasteiger partial charge in [-0.3, -0.25) is 9.59 Å². The maximum Gasteiger partial charge on any atom is 0.261 e. The van der Waals surface area contributed by atoms with Crippen LogP contribution in [0, 0.1) is 0 Å². The smallest absolute Gasteiger partial charge is 0.261 e. The maximum atomic E-state index is 13.1. The first-order chi connectivity index (χ1) is 14.7. The second-order valence-corrected chi connectivity index (χ2v) is 8.15. The van der Waals surface area contributed by atoms with Gasteiger partial charge in [0, 0.05) is 22.6 Å². The van der Waals surface area contributed by atoms with Crippen LogP contribution >= 0.6 is 23.2 Å². The first kappa shape index (κ1) is 24.8. The van der Waals surface area contributed by atoms with E-state index in [-0.39, 0.29) is 31.0 Å². The zero-order chi connectivity index (χ0) is 23.0. The van der Waals surface area contributed by atoms with Crippen molar-refractivity contribution in [2.24, 2.45) is 0 Å². The predicted molar refractivity (Wildman–Crippen MR) is 123 cm³/mol. The Bertz CT molecular complexity index is 888. The molecule has 2 rings (SSSR count). The van der Waals surface area contributed by atoms with Crippen molar-refractivity contribution in [3.8, 4) is 11.5 Å². The Labute approximate surface area is 193 Å². The van der Waals surface area contributed by atoms with E-state index in [4.69, 9.17) is 32.7 Å². The highest BCUT2D eigenvalue weighted by Crippen LogP contribution is 2.24. The van der Waals surface area contributed by atoms with Gasteiger partial charge in [-0.1, -0.05) is 36.2 Å². The van der Waals surface area contributed by atoms with Crippen LogP contribution in [0.25, 0.3) is 0 Å². The molecule has 0 radical (unpaired) electrons. The van der Waals surface area contributed by atoms with E-state index in [0.29, 0.717) is 33.5 Å². The quantitative estimate of drug-likeness (QED) is 0.550. The summed E-state index contributed by atoms with van der Waals surface area (Å²) in [5.74, 6) is 0.667. The van der Waals surface area contributed by atoms with Gasteiger partial charge in [0.2, 0.25) is 5.91 Å². The Morgan fingerprint density at radius 1 is 1.06 bits per heavy atom. The van der Waals surface area contributed by atoms with Gasteiger partial charge in [-0.25, -0.2) is 0 Å². The average molecular weight is 467 g/mol. The number of methoxy groups -OCH3 is 1. The number of carbonyl (C=O) groups excluding carboxylic acids is 2. The summed E-state index contributed by atoms with van der Waals surface area (Å²) in [7, 11) is 1.58. The Hall–Kier alpha value is -2.44. The number of hydrogen-bond donors (Lipinski definition) is 1. The van der Waals surface area contributed by atoms with Crippen LogP contribution < -0.4 is 14.8 Å². The number of halogens is 2. The molecule has 1 unspecified atom stereocenters. The number of nitrogens with one attached hydrogen (secondary N) is 1. The molecule has 8 heteroatoms. The third kappa shape index (κ3) is 7.33. The van der Waals surface area contributed by atoms with Crippen LogP contribution in [0.4, 0.5) is 0 Å². The summed E-state index contributed by atoms with van der Waals surface area (Å²) in [6, 6.07) is 11.3. The van der Waals surface area contributed by atoms with Gasteiger partial charge in [0.05, 0.1) is 7.11 Å². The molecule has 2 aromatic rings. The van der Waals surface area contributed by atoms with Gasteiger partial charge in [-0.2, -0.15) is 0 Å². The number of ether oxygens (including phenoxy) is 2. The molecule has 0 heterocycles. The van der Waals surface area contributed by atoms with Gasteiger partial charge >= 0.3 is 0 Å². The third-order valence-corrected chi connectivity index (χ3v) is 5.18. The lowest BCUT2D eigenvalue weighted by Crippen LogP contribution is -2.51. The van der Waals surface area contributed by atoms with E-state index in [0.717, 1.165) is 0 Å². The zero-order valence-electron chi connectivity index (χ0n) is 18.2. The molecule has 0 bridgehead atoms. The van der Waals surface area contributed by atoms with Crippen LogP contribution in [0.5, 0.6) is 11.5 Å². The van der Waals surface area contributed by atoms with Crippen molar-refractivity contribution >= 4 is 35.0 Å². The summed E-state index contributed by atoms with van der Waals surface area (Å²) >= 11 is 12.3. The van der Waals surface area contributed by atoms with Gasteiger partial charge in [0.25, 0.3) is 5.91 Å². The lowest BCUT2D eigenvalue weighted by atomic mass is 10.1. The number of benzene rings is 2. The minimum absolute atomic E-state index is 0.0480. The fourth-order valence-corrected chi connectivity index (χ4v) is 3.50. The van der Waals surface area contributed by atoms with Crippen molar-refractivity contribution in [1.82, 2.24) is 10.2 Å². The minimum atomic E-state index is -0.666. The van der Waals surface area contributed by atoms with Crippen LogP contribution in [-0.4, -0.2) is 42.5 Å². The summed E-state index contributed by atoms with van der Waals surface area (Å²) in [6.45, 7) is 5.55. The topological polar surface area (TPSA) is 67.9 Å². The van der Waals surface area contributed by atoms with Crippen molar-refractivity contribution < 1.29 is 19.1 Å². The fraction of sp³-hybridized carbons (Fsp3) is 0.391. The molecule has 0 aliphatic carbocycles. The number of nitrogens with zero attached hydrogens (tertiary/aromatic N) is 1. The van der Waals surface area contributed by atoms with Crippen LogP contribution in [0.15, 0.2) is 42.5 Å². The molecule has 168 valence electrons. The largest absolute Gasteiger partial charge is 0.497 e. The van der Waals surface area contributed by atoms with Crippen molar-refractivity contribution in [2.45, 2.75) is 45.8 Å². The van der Waals surface area contributed by atoms with Crippen LogP contribution in [-0.2, 0) is 16.1 Å². The van der Waals surface area contributed by atoms with Crippen molar-refractivity contribution in [1.29, 1.82) is 0 Å². The molecule has 2 amide bonds. The predicted octanol–water partition coefficient (Wildman–Crippen LogP) is 4.71. The van der Waals surface area contributed by atoms with E-state index in [1.54, 1.807) is 49.6 Å².